The number of ether oxygens (including phenoxy) is 1. The number of rotatable bonds is 7. The Morgan fingerprint density at radius 3 is 2.16 bits per heavy atom. The summed E-state index contributed by atoms with van der Waals surface area (Å²) in [7, 11) is -1.05. The Kier molecular flexibility index (Phi) is 6.37. The summed E-state index contributed by atoms with van der Waals surface area (Å²) in [5.41, 5.74) is 2.44. The van der Waals surface area contributed by atoms with Crippen LogP contribution in [0.1, 0.15) is 42.3 Å². The SMILES string of the molecule is CC(C)(C)c1ccc(OCCS(=O)Cc2ccc(C(=O)O)cc2)cc1. The number of carboxylic acids is 1. The second-order valence-electron chi connectivity index (χ2n) is 6.91. The van der Waals surface area contributed by atoms with E-state index in [1.54, 1.807) is 12.1 Å². The standard InChI is InChI=1S/C20H24O4S/c1-20(2,3)17-8-10-18(11-9-17)24-12-13-25(23)14-15-4-6-16(7-5-15)19(21)22/h4-11H,12-14H2,1-3H3,(H,21,22). The minimum atomic E-state index is -1.05. The van der Waals surface area contributed by atoms with Gasteiger partial charge in [-0.05, 0) is 40.8 Å². The Labute approximate surface area is 151 Å². The van der Waals surface area contributed by atoms with Gasteiger partial charge in [0, 0.05) is 16.6 Å². The second kappa shape index (κ2) is 8.30. The molecule has 0 aliphatic carbocycles. The molecule has 0 aliphatic heterocycles. The molecule has 0 spiro atoms. The van der Waals surface area contributed by atoms with Gasteiger partial charge in [0.05, 0.1) is 17.9 Å². The van der Waals surface area contributed by atoms with Crippen molar-refractivity contribution in [2.75, 3.05) is 12.4 Å². The highest BCUT2D eigenvalue weighted by molar-refractivity contribution is 7.84. The van der Waals surface area contributed by atoms with E-state index in [1.807, 2.05) is 12.1 Å². The van der Waals surface area contributed by atoms with Crippen molar-refractivity contribution in [3.8, 4) is 5.75 Å². The maximum absolute atomic E-state index is 12.1. The Morgan fingerprint density at radius 1 is 1.04 bits per heavy atom. The van der Waals surface area contributed by atoms with Gasteiger partial charge in [0.2, 0.25) is 0 Å². The first-order valence-corrected chi connectivity index (χ1v) is 9.65. The zero-order chi connectivity index (χ0) is 18.4. The van der Waals surface area contributed by atoms with E-state index < -0.39 is 16.8 Å². The summed E-state index contributed by atoms with van der Waals surface area (Å²) in [5.74, 6) is 0.642. The molecule has 0 heterocycles. The van der Waals surface area contributed by atoms with E-state index in [0.29, 0.717) is 18.1 Å². The Morgan fingerprint density at radius 2 is 1.64 bits per heavy atom. The molecule has 134 valence electrons. The summed E-state index contributed by atoms with van der Waals surface area (Å²) in [5, 5.41) is 8.87. The average molecular weight is 360 g/mol. The summed E-state index contributed by atoms with van der Waals surface area (Å²) in [6.07, 6.45) is 0. The summed E-state index contributed by atoms with van der Waals surface area (Å²) in [4.78, 5) is 10.8. The van der Waals surface area contributed by atoms with Crippen LogP contribution in [0.3, 0.4) is 0 Å². The van der Waals surface area contributed by atoms with Gasteiger partial charge < -0.3 is 9.84 Å². The lowest BCUT2D eigenvalue weighted by Crippen LogP contribution is -2.12. The number of carboxylic acid groups (broad SMARTS) is 1. The lowest BCUT2D eigenvalue weighted by Gasteiger charge is -2.19. The Bertz CT molecular complexity index is 728. The predicted octanol–water partition coefficient (Wildman–Crippen LogP) is 4.01. The fourth-order valence-corrected chi connectivity index (χ4v) is 3.28. The molecule has 25 heavy (non-hydrogen) atoms. The third-order valence-corrected chi connectivity index (χ3v) is 5.11. The summed E-state index contributed by atoms with van der Waals surface area (Å²) in [6.45, 7) is 6.87. The summed E-state index contributed by atoms with van der Waals surface area (Å²) in [6, 6.07) is 14.4. The highest BCUT2D eigenvalue weighted by Crippen LogP contribution is 2.24. The highest BCUT2D eigenvalue weighted by Gasteiger charge is 2.13. The van der Waals surface area contributed by atoms with Gasteiger partial charge in [0.15, 0.2) is 0 Å². The van der Waals surface area contributed by atoms with Crippen LogP contribution in [0.25, 0.3) is 0 Å². The van der Waals surface area contributed by atoms with E-state index in [-0.39, 0.29) is 11.0 Å². The number of hydrogen-bond donors (Lipinski definition) is 1. The minimum Gasteiger partial charge on any atom is -0.493 e. The molecule has 4 nitrogen and oxygen atoms in total. The number of aromatic carboxylic acids is 1. The van der Waals surface area contributed by atoms with Crippen LogP contribution in [0.4, 0.5) is 0 Å². The van der Waals surface area contributed by atoms with Gasteiger partial charge in [-0.25, -0.2) is 4.79 Å². The van der Waals surface area contributed by atoms with Crippen LogP contribution in [-0.2, 0) is 22.0 Å². The van der Waals surface area contributed by atoms with E-state index in [1.165, 1.54) is 17.7 Å². The first-order valence-electron chi connectivity index (χ1n) is 8.16. The topological polar surface area (TPSA) is 63.6 Å². The van der Waals surface area contributed by atoms with Gasteiger partial charge in [-0.2, -0.15) is 0 Å². The van der Waals surface area contributed by atoms with Crippen LogP contribution < -0.4 is 4.74 Å². The molecule has 5 heteroatoms. The minimum absolute atomic E-state index is 0.107. The fraction of sp³-hybridized carbons (Fsp3) is 0.350. The maximum atomic E-state index is 12.1. The third-order valence-electron chi connectivity index (χ3n) is 3.83. The molecule has 2 aromatic carbocycles. The van der Waals surface area contributed by atoms with Crippen molar-refractivity contribution < 1.29 is 18.8 Å². The van der Waals surface area contributed by atoms with Crippen molar-refractivity contribution >= 4 is 16.8 Å². The lowest BCUT2D eigenvalue weighted by molar-refractivity contribution is 0.0697. The Balaban J connectivity index is 1.79. The van der Waals surface area contributed by atoms with Crippen LogP contribution in [-0.4, -0.2) is 27.6 Å². The molecule has 1 N–H and O–H groups in total. The van der Waals surface area contributed by atoms with Crippen molar-refractivity contribution in [2.45, 2.75) is 31.9 Å². The molecule has 1 unspecified atom stereocenters. The smallest absolute Gasteiger partial charge is 0.335 e. The molecule has 0 amide bonds. The van der Waals surface area contributed by atoms with Crippen molar-refractivity contribution in [3.63, 3.8) is 0 Å². The molecule has 0 aliphatic rings. The monoisotopic (exact) mass is 360 g/mol. The summed E-state index contributed by atoms with van der Waals surface area (Å²) < 4.78 is 17.8. The lowest BCUT2D eigenvalue weighted by atomic mass is 9.87. The summed E-state index contributed by atoms with van der Waals surface area (Å²) >= 11 is 0. The highest BCUT2D eigenvalue weighted by atomic mass is 32.2. The van der Waals surface area contributed by atoms with Crippen LogP contribution in [0, 0.1) is 0 Å². The van der Waals surface area contributed by atoms with Crippen molar-refractivity contribution in [3.05, 3.63) is 65.2 Å². The van der Waals surface area contributed by atoms with E-state index in [9.17, 15) is 9.00 Å². The van der Waals surface area contributed by atoms with Gasteiger partial charge in [-0.1, -0.05) is 45.0 Å². The quantitative estimate of drug-likeness (QED) is 0.810. The van der Waals surface area contributed by atoms with Crippen LogP contribution in [0.15, 0.2) is 48.5 Å². The molecule has 0 saturated heterocycles. The molecule has 0 fully saturated rings. The molecule has 2 aromatic rings. The molecule has 0 radical (unpaired) electrons. The van der Waals surface area contributed by atoms with Gasteiger partial charge in [0.25, 0.3) is 0 Å². The molecular weight excluding hydrogens is 336 g/mol. The first-order chi connectivity index (χ1) is 11.8. The van der Waals surface area contributed by atoms with E-state index in [2.05, 4.69) is 32.9 Å². The van der Waals surface area contributed by atoms with Crippen LogP contribution in [0.2, 0.25) is 0 Å². The van der Waals surface area contributed by atoms with Gasteiger partial charge >= 0.3 is 5.97 Å². The fourth-order valence-electron chi connectivity index (χ4n) is 2.31. The van der Waals surface area contributed by atoms with Gasteiger partial charge in [-0.15, -0.1) is 0 Å². The van der Waals surface area contributed by atoms with Crippen molar-refractivity contribution in [1.29, 1.82) is 0 Å². The zero-order valence-electron chi connectivity index (χ0n) is 14.8. The van der Waals surface area contributed by atoms with Crippen LogP contribution in [0.5, 0.6) is 5.75 Å². The van der Waals surface area contributed by atoms with Gasteiger partial charge in [-0.3, -0.25) is 4.21 Å². The van der Waals surface area contributed by atoms with Crippen LogP contribution >= 0.6 is 0 Å². The normalized spacial score (nSPS) is 12.6. The number of benzene rings is 2. The van der Waals surface area contributed by atoms with E-state index in [0.717, 1.165) is 11.3 Å². The van der Waals surface area contributed by atoms with E-state index in [4.69, 9.17) is 9.84 Å². The Hall–Kier alpha value is -2.14. The second-order valence-corrected chi connectivity index (χ2v) is 8.49. The molecular formula is C20H24O4S. The first kappa shape index (κ1) is 19.2. The molecule has 0 aromatic heterocycles. The maximum Gasteiger partial charge on any atom is 0.335 e. The van der Waals surface area contributed by atoms with Gasteiger partial charge in [0.1, 0.15) is 5.75 Å². The predicted molar refractivity (Wildman–Crippen MR) is 101 cm³/mol. The molecule has 2 rings (SSSR count). The number of carbonyl (C=O) groups is 1. The van der Waals surface area contributed by atoms with E-state index >= 15 is 0 Å². The third kappa shape index (κ3) is 6.02. The van der Waals surface area contributed by atoms with Crippen molar-refractivity contribution in [1.82, 2.24) is 0 Å². The molecule has 1 atom stereocenters. The zero-order valence-corrected chi connectivity index (χ0v) is 15.6. The molecule has 0 saturated carbocycles. The van der Waals surface area contributed by atoms with Crippen molar-refractivity contribution in [2.24, 2.45) is 0 Å². The largest absolute Gasteiger partial charge is 0.493 e. The molecule has 0 bridgehead atoms. The average Bonchev–Trinajstić information content (AvgIpc) is 2.55. The number of hydrogen-bond acceptors (Lipinski definition) is 3.